The lowest BCUT2D eigenvalue weighted by atomic mass is 10.2. The fourth-order valence-electron chi connectivity index (χ4n) is 2.06. The van der Waals surface area contributed by atoms with Gasteiger partial charge >= 0.3 is 0 Å². The van der Waals surface area contributed by atoms with Crippen molar-refractivity contribution in [3.63, 3.8) is 0 Å². The van der Waals surface area contributed by atoms with E-state index in [-0.39, 0.29) is 0 Å². The van der Waals surface area contributed by atoms with Gasteiger partial charge in [-0.15, -0.1) is 0 Å². The smallest absolute Gasteiger partial charge is 0.0340 e. The number of para-hydroxylation sites is 1. The van der Waals surface area contributed by atoms with Crippen molar-refractivity contribution in [2.45, 2.75) is 6.42 Å². The number of nitrogens with one attached hydrogen (secondary N) is 1. The quantitative estimate of drug-likeness (QED) is 0.791. The molecule has 0 saturated heterocycles. The van der Waals surface area contributed by atoms with Gasteiger partial charge in [0.1, 0.15) is 0 Å². The van der Waals surface area contributed by atoms with Gasteiger partial charge in [0.25, 0.3) is 0 Å². The molecule has 1 saturated carbocycles. The fourth-order valence-corrected chi connectivity index (χ4v) is 2.06. The maximum absolute atomic E-state index is 3.49. The average Bonchev–Trinajstić information content (AvgIpc) is 2.94. The lowest BCUT2D eigenvalue weighted by molar-refractivity contribution is 0.379. The van der Waals surface area contributed by atoms with Crippen molar-refractivity contribution in [2.24, 2.45) is 11.8 Å². The maximum Gasteiger partial charge on any atom is 0.0340 e. The minimum atomic E-state index is 0.882. The van der Waals surface area contributed by atoms with Gasteiger partial charge in [-0.25, -0.2) is 0 Å². The first-order valence-corrected chi connectivity index (χ1v) is 5.69. The van der Waals surface area contributed by atoms with E-state index in [1.54, 1.807) is 0 Å². The summed E-state index contributed by atoms with van der Waals surface area (Å²) in [4.78, 5) is 2.28. The van der Waals surface area contributed by atoms with Crippen molar-refractivity contribution in [3.8, 4) is 0 Å². The molecule has 1 N–H and O–H groups in total. The van der Waals surface area contributed by atoms with Crippen molar-refractivity contribution in [2.75, 3.05) is 32.5 Å². The highest BCUT2D eigenvalue weighted by Gasteiger charge is 2.36. The van der Waals surface area contributed by atoms with Crippen LogP contribution in [0.25, 0.3) is 0 Å². The Hall–Kier alpha value is -1.02. The van der Waals surface area contributed by atoms with Gasteiger partial charge in [-0.3, -0.25) is 0 Å². The Morgan fingerprint density at radius 2 is 1.93 bits per heavy atom. The Balaban J connectivity index is 1.68. The third-order valence-corrected chi connectivity index (χ3v) is 3.01. The van der Waals surface area contributed by atoms with Crippen LogP contribution in [0, 0.1) is 11.8 Å². The summed E-state index contributed by atoms with van der Waals surface area (Å²) in [5, 5.41) is 3.49. The van der Waals surface area contributed by atoms with Crippen LogP contribution in [0.5, 0.6) is 0 Å². The Morgan fingerprint density at radius 1 is 1.20 bits per heavy atom. The highest BCUT2D eigenvalue weighted by Crippen LogP contribution is 2.38. The summed E-state index contributed by atoms with van der Waals surface area (Å²) in [5.74, 6) is 1.80. The van der Waals surface area contributed by atoms with Crippen LogP contribution in [0.2, 0.25) is 0 Å². The highest BCUT2D eigenvalue weighted by molar-refractivity contribution is 5.42. The molecule has 0 aliphatic heterocycles. The van der Waals surface area contributed by atoms with Gasteiger partial charge in [0, 0.05) is 18.8 Å². The zero-order valence-corrected chi connectivity index (χ0v) is 9.61. The van der Waals surface area contributed by atoms with E-state index in [1.807, 2.05) is 0 Å². The van der Waals surface area contributed by atoms with E-state index in [0.717, 1.165) is 18.4 Å². The van der Waals surface area contributed by atoms with Crippen molar-refractivity contribution in [3.05, 3.63) is 30.3 Å². The predicted octanol–water partition coefficient (Wildman–Crippen LogP) is 2.30. The number of nitrogens with zero attached hydrogens (tertiary/aromatic N) is 1. The molecule has 0 aromatic heterocycles. The van der Waals surface area contributed by atoms with Crippen LogP contribution in [0.15, 0.2) is 30.3 Å². The molecule has 1 aliphatic carbocycles. The molecule has 0 bridgehead atoms. The van der Waals surface area contributed by atoms with Gasteiger partial charge < -0.3 is 10.2 Å². The van der Waals surface area contributed by atoms with Crippen LogP contribution >= 0.6 is 0 Å². The minimum absolute atomic E-state index is 0.882. The molecule has 1 aliphatic rings. The average molecular weight is 204 g/mol. The van der Waals surface area contributed by atoms with Crippen molar-refractivity contribution < 1.29 is 0 Å². The molecule has 1 aromatic rings. The summed E-state index contributed by atoms with van der Waals surface area (Å²) in [6, 6.07) is 10.5. The van der Waals surface area contributed by atoms with E-state index in [9.17, 15) is 0 Å². The number of rotatable bonds is 5. The summed E-state index contributed by atoms with van der Waals surface area (Å²) in [6.45, 7) is 2.36. The molecule has 2 nitrogen and oxygen atoms in total. The van der Waals surface area contributed by atoms with Crippen LogP contribution < -0.4 is 5.32 Å². The Bertz CT molecular complexity index is 295. The first-order valence-electron chi connectivity index (χ1n) is 5.69. The van der Waals surface area contributed by atoms with Crippen LogP contribution in [0.1, 0.15) is 6.42 Å². The molecule has 2 rings (SSSR count). The minimum Gasteiger partial charge on any atom is -0.385 e. The normalized spacial score (nSPS) is 24.2. The molecule has 2 heteroatoms. The first kappa shape index (κ1) is 10.5. The van der Waals surface area contributed by atoms with E-state index >= 15 is 0 Å². The lowest BCUT2D eigenvalue weighted by Gasteiger charge is -2.09. The SMILES string of the molecule is CN(C)CC1CC1CNc1ccccc1. The highest BCUT2D eigenvalue weighted by atomic mass is 15.1. The zero-order chi connectivity index (χ0) is 10.7. The first-order chi connectivity index (χ1) is 7.25. The molecule has 1 aromatic carbocycles. The molecule has 15 heavy (non-hydrogen) atoms. The van der Waals surface area contributed by atoms with Crippen molar-refractivity contribution >= 4 is 5.69 Å². The molecule has 0 heterocycles. The lowest BCUT2D eigenvalue weighted by Crippen LogP contribution is -2.16. The molecule has 0 radical (unpaired) electrons. The van der Waals surface area contributed by atoms with Crippen molar-refractivity contribution in [1.29, 1.82) is 0 Å². The number of hydrogen-bond donors (Lipinski definition) is 1. The standard InChI is InChI=1S/C13H20N2/c1-15(2)10-12-8-11(12)9-14-13-6-4-3-5-7-13/h3-7,11-12,14H,8-10H2,1-2H3. The largest absolute Gasteiger partial charge is 0.385 e. The van der Waals surface area contributed by atoms with E-state index in [4.69, 9.17) is 0 Å². The van der Waals surface area contributed by atoms with Gasteiger partial charge in [0.05, 0.1) is 0 Å². The van der Waals surface area contributed by atoms with E-state index in [1.165, 1.54) is 18.7 Å². The third kappa shape index (κ3) is 3.24. The Kier molecular flexibility index (Phi) is 3.27. The predicted molar refractivity (Wildman–Crippen MR) is 65.1 cm³/mol. The molecular formula is C13H20N2. The van der Waals surface area contributed by atoms with Crippen molar-refractivity contribution in [1.82, 2.24) is 4.90 Å². The molecular weight excluding hydrogens is 184 g/mol. The van der Waals surface area contributed by atoms with Crippen LogP contribution in [0.3, 0.4) is 0 Å². The van der Waals surface area contributed by atoms with Crippen LogP contribution in [0.4, 0.5) is 5.69 Å². The number of hydrogen-bond acceptors (Lipinski definition) is 2. The summed E-state index contributed by atoms with van der Waals surface area (Å²) >= 11 is 0. The second-order valence-electron chi connectivity index (χ2n) is 4.77. The zero-order valence-electron chi connectivity index (χ0n) is 9.61. The monoisotopic (exact) mass is 204 g/mol. The third-order valence-electron chi connectivity index (χ3n) is 3.01. The van der Waals surface area contributed by atoms with Crippen LogP contribution in [-0.4, -0.2) is 32.1 Å². The number of anilines is 1. The molecule has 0 spiro atoms. The topological polar surface area (TPSA) is 15.3 Å². The Labute approximate surface area is 92.3 Å². The van der Waals surface area contributed by atoms with Gasteiger partial charge in [-0.1, -0.05) is 18.2 Å². The van der Waals surface area contributed by atoms with Gasteiger partial charge in [0.15, 0.2) is 0 Å². The van der Waals surface area contributed by atoms with E-state index in [0.29, 0.717) is 0 Å². The number of benzene rings is 1. The van der Waals surface area contributed by atoms with Gasteiger partial charge in [-0.2, -0.15) is 0 Å². The maximum atomic E-state index is 3.49. The Morgan fingerprint density at radius 3 is 2.60 bits per heavy atom. The molecule has 1 fully saturated rings. The summed E-state index contributed by atoms with van der Waals surface area (Å²) < 4.78 is 0. The molecule has 82 valence electrons. The second-order valence-corrected chi connectivity index (χ2v) is 4.77. The summed E-state index contributed by atoms with van der Waals surface area (Å²) in [5.41, 5.74) is 1.24. The van der Waals surface area contributed by atoms with Crippen LogP contribution in [-0.2, 0) is 0 Å². The summed E-state index contributed by atoms with van der Waals surface area (Å²) in [6.07, 6.45) is 1.39. The van der Waals surface area contributed by atoms with Gasteiger partial charge in [0.2, 0.25) is 0 Å². The molecule has 2 unspecified atom stereocenters. The summed E-state index contributed by atoms with van der Waals surface area (Å²) in [7, 11) is 4.31. The molecule has 0 amide bonds. The van der Waals surface area contributed by atoms with E-state index in [2.05, 4.69) is 54.6 Å². The fraction of sp³-hybridized carbons (Fsp3) is 0.538. The van der Waals surface area contributed by atoms with Gasteiger partial charge in [-0.05, 0) is 44.5 Å². The second kappa shape index (κ2) is 4.67. The van der Waals surface area contributed by atoms with E-state index < -0.39 is 0 Å². The molecule has 2 atom stereocenters.